The lowest BCUT2D eigenvalue weighted by molar-refractivity contribution is 0.289. The molecule has 0 bridgehead atoms. The van der Waals surface area contributed by atoms with Crippen molar-refractivity contribution in [3.8, 4) is 5.75 Å². The molecular weight excluding hydrogens is 340 g/mol. The monoisotopic (exact) mass is 354 g/mol. The smallest absolute Gasteiger partial charge is 0.339 e. The number of fused-ring (bicyclic) bond motifs is 5. The van der Waals surface area contributed by atoms with Crippen LogP contribution in [0.1, 0.15) is 23.1 Å². The Balaban J connectivity index is 1.72. The molecule has 3 heterocycles. The molecular formula is C19H15ClN2O3. The van der Waals surface area contributed by atoms with E-state index in [9.17, 15) is 4.79 Å². The third-order valence-corrected chi connectivity index (χ3v) is 5.27. The van der Waals surface area contributed by atoms with Crippen LogP contribution in [0.5, 0.6) is 5.75 Å². The number of aromatic nitrogens is 1. The fraction of sp³-hybridized carbons (Fsp3) is 0.263. The Morgan fingerprint density at radius 3 is 2.92 bits per heavy atom. The number of rotatable bonds is 1. The third kappa shape index (κ3) is 2.23. The van der Waals surface area contributed by atoms with Crippen LogP contribution in [0, 0.1) is 0 Å². The fourth-order valence-electron chi connectivity index (χ4n) is 3.81. The van der Waals surface area contributed by atoms with Crippen LogP contribution in [-0.2, 0) is 19.4 Å². The van der Waals surface area contributed by atoms with E-state index in [0.29, 0.717) is 29.6 Å². The molecule has 0 saturated carbocycles. The van der Waals surface area contributed by atoms with E-state index in [1.165, 1.54) is 0 Å². The van der Waals surface area contributed by atoms with Crippen molar-refractivity contribution >= 4 is 28.3 Å². The van der Waals surface area contributed by atoms with Crippen molar-refractivity contribution in [3.63, 3.8) is 0 Å². The molecule has 0 radical (unpaired) electrons. The van der Waals surface area contributed by atoms with Gasteiger partial charge < -0.3 is 14.1 Å². The average molecular weight is 355 g/mol. The highest BCUT2D eigenvalue weighted by Crippen LogP contribution is 2.41. The van der Waals surface area contributed by atoms with Gasteiger partial charge in [-0.2, -0.15) is 0 Å². The molecule has 2 aromatic heterocycles. The summed E-state index contributed by atoms with van der Waals surface area (Å²) in [7, 11) is 0. The van der Waals surface area contributed by atoms with E-state index in [1.807, 2.05) is 23.1 Å². The first kappa shape index (κ1) is 14.8. The van der Waals surface area contributed by atoms with E-state index in [2.05, 4.69) is 4.98 Å². The number of pyridine rings is 1. The molecule has 1 aromatic carbocycles. The predicted octanol–water partition coefficient (Wildman–Crippen LogP) is 3.69. The van der Waals surface area contributed by atoms with Crippen LogP contribution in [0.2, 0.25) is 5.02 Å². The minimum atomic E-state index is -0.233. The molecule has 25 heavy (non-hydrogen) atoms. The number of ether oxygens (including phenoxy) is 1. The lowest BCUT2D eigenvalue weighted by Gasteiger charge is -2.31. The summed E-state index contributed by atoms with van der Waals surface area (Å²) in [5, 5.41) is 1.50. The van der Waals surface area contributed by atoms with E-state index < -0.39 is 0 Å². The van der Waals surface area contributed by atoms with Gasteiger partial charge in [-0.15, -0.1) is 0 Å². The second kappa shape index (κ2) is 5.49. The number of hydrogen-bond donors (Lipinski definition) is 0. The summed E-state index contributed by atoms with van der Waals surface area (Å²) >= 11 is 6.48. The molecule has 0 atom stereocenters. The van der Waals surface area contributed by atoms with Gasteiger partial charge >= 0.3 is 5.63 Å². The zero-order chi connectivity index (χ0) is 17.0. The Morgan fingerprint density at radius 1 is 1.20 bits per heavy atom. The van der Waals surface area contributed by atoms with Gasteiger partial charge in [0.1, 0.15) is 11.3 Å². The largest absolute Gasteiger partial charge is 0.471 e. The van der Waals surface area contributed by atoms with Crippen LogP contribution < -0.4 is 15.3 Å². The Bertz CT molecular complexity index is 1050. The van der Waals surface area contributed by atoms with Gasteiger partial charge in [-0.3, -0.25) is 4.98 Å². The highest BCUT2D eigenvalue weighted by Gasteiger charge is 2.28. The van der Waals surface area contributed by atoms with E-state index >= 15 is 0 Å². The maximum atomic E-state index is 12.4. The van der Waals surface area contributed by atoms with Crippen molar-refractivity contribution in [2.24, 2.45) is 0 Å². The Morgan fingerprint density at radius 2 is 2.08 bits per heavy atom. The molecule has 2 aliphatic rings. The molecule has 0 spiro atoms. The van der Waals surface area contributed by atoms with Gasteiger partial charge in [0.2, 0.25) is 0 Å². The second-order valence-corrected chi connectivity index (χ2v) is 6.83. The Labute approximate surface area is 148 Å². The van der Waals surface area contributed by atoms with Crippen LogP contribution >= 0.6 is 11.6 Å². The SMILES string of the molecule is O=c1oc2c3c(c(Cl)cc2c2c1CCC2)OCN(c1cccnc1)C3. The summed E-state index contributed by atoms with van der Waals surface area (Å²) in [4.78, 5) is 18.6. The zero-order valence-corrected chi connectivity index (χ0v) is 14.2. The number of nitrogens with zero attached hydrogens (tertiary/aromatic N) is 2. The third-order valence-electron chi connectivity index (χ3n) is 4.99. The first-order valence-electron chi connectivity index (χ1n) is 8.30. The number of aryl methyl sites for hydroxylation is 1. The Hall–Kier alpha value is -2.53. The number of halogens is 1. The van der Waals surface area contributed by atoms with Crippen molar-refractivity contribution in [2.75, 3.05) is 11.6 Å². The number of benzene rings is 1. The summed E-state index contributed by atoms with van der Waals surface area (Å²) in [5.74, 6) is 0.607. The first-order chi connectivity index (χ1) is 12.2. The maximum absolute atomic E-state index is 12.4. The van der Waals surface area contributed by atoms with Gasteiger partial charge in [0.05, 0.1) is 29.0 Å². The van der Waals surface area contributed by atoms with Crippen LogP contribution in [0.25, 0.3) is 11.0 Å². The number of anilines is 1. The Kier molecular flexibility index (Phi) is 3.25. The lowest BCUT2D eigenvalue weighted by atomic mass is 10.0. The van der Waals surface area contributed by atoms with Crippen molar-refractivity contribution in [1.82, 2.24) is 4.98 Å². The molecule has 0 N–H and O–H groups in total. The molecule has 0 fully saturated rings. The van der Waals surface area contributed by atoms with E-state index in [0.717, 1.165) is 47.0 Å². The molecule has 0 unspecified atom stereocenters. The standard InChI is InChI=1S/C19H15ClN2O3/c20-16-7-14-12-4-1-5-13(12)19(23)25-17(14)15-9-22(10-24-18(15)16)11-3-2-6-21-8-11/h2-3,6-8H,1,4-5,9-10H2. The fourth-order valence-corrected chi connectivity index (χ4v) is 4.09. The van der Waals surface area contributed by atoms with Gasteiger partial charge in [0, 0.05) is 17.1 Å². The van der Waals surface area contributed by atoms with Gasteiger partial charge in [-0.05, 0) is 43.0 Å². The molecule has 1 aliphatic heterocycles. The summed E-state index contributed by atoms with van der Waals surface area (Å²) < 4.78 is 11.6. The highest BCUT2D eigenvalue weighted by atomic mass is 35.5. The zero-order valence-electron chi connectivity index (χ0n) is 13.4. The molecule has 3 aromatic rings. The number of hydrogen-bond acceptors (Lipinski definition) is 5. The van der Waals surface area contributed by atoms with Gasteiger partial charge in [0.25, 0.3) is 0 Å². The van der Waals surface area contributed by atoms with Crippen LogP contribution in [-0.4, -0.2) is 11.7 Å². The van der Waals surface area contributed by atoms with Gasteiger partial charge in [-0.1, -0.05) is 11.6 Å². The molecule has 1 aliphatic carbocycles. The molecule has 6 heteroatoms. The summed E-state index contributed by atoms with van der Waals surface area (Å²) in [6.07, 6.45) is 6.17. The van der Waals surface area contributed by atoms with E-state index in [1.54, 1.807) is 12.4 Å². The summed E-state index contributed by atoms with van der Waals surface area (Å²) in [6.45, 7) is 0.929. The van der Waals surface area contributed by atoms with Gasteiger partial charge in [0.15, 0.2) is 6.73 Å². The quantitative estimate of drug-likeness (QED) is 0.624. The second-order valence-electron chi connectivity index (χ2n) is 6.43. The molecule has 5 rings (SSSR count). The van der Waals surface area contributed by atoms with Crippen molar-refractivity contribution in [2.45, 2.75) is 25.8 Å². The normalized spacial score (nSPS) is 15.8. The summed E-state index contributed by atoms with van der Waals surface area (Å²) in [5.41, 5.74) is 4.01. The van der Waals surface area contributed by atoms with E-state index in [-0.39, 0.29) is 5.63 Å². The van der Waals surface area contributed by atoms with Crippen LogP contribution in [0.4, 0.5) is 5.69 Å². The topological polar surface area (TPSA) is 55.6 Å². The van der Waals surface area contributed by atoms with Crippen LogP contribution in [0.15, 0.2) is 39.8 Å². The summed E-state index contributed by atoms with van der Waals surface area (Å²) in [6, 6.07) is 5.73. The van der Waals surface area contributed by atoms with Crippen molar-refractivity contribution in [1.29, 1.82) is 0 Å². The molecule has 5 nitrogen and oxygen atoms in total. The lowest BCUT2D eigenvalue weighted by Crippen LogP contribution is -2.32. The van der Waals surface area contributed by atoms with E-state index in [4.69, 9.17) is 20.8 Å². The first-order valence-corrected chi connectivity index (χ1v) is 8.68. The minimum Gasteiger partial charge on any atom is -0.471 e. The molecule has 0 saturated heterocycles. The average Bonchev–Trinajstić information content (AvgIpc) is 3.14. The highest BCUT2D eigenvalue weighted by molar-refractivity contribution is 6.33. The molecule has 126 valence electrons. The van der Waals surface area contributed by atoms with Gasteiger partial charge in [-0.25, -0.2) is 4.79 Å². The molecule has 0 amide bonds. The predicted molar refractivity (Wildman–Crippen MR) is 95.4 cm³/mol. The minimum absolute atomic E-state index is 0.233. The van der Waals surface area contributed by atoms with Crippen LogP contribution in [0.3, 0.4) is 0 Å². The maximum Gasteiger partial charge on any atom is 0.339 e. The van der Waals surface area contributed by atoms with Crippen molar-refractivity contribution in [3.05, 3.63) is 62.7 Å². The van der Waals surface area contributed by atoms with Crippen molar-refractivity contribution < 1.29 is 9.15 Å².